The van der Waals surface area contributed by atoms with Gasteiger partial charge in [-0.1, -0.05) is 81.4 Å². The Morgan fingerprint density at radius 2 is 1.59 bits per heavy atom. The number of ether oxygens (including phenoxy) is 1. The molecular formula is C31H40N4O4. The van der Waals surface area contributed by atoms with Gasteiger partial charge >= 0.3 is 6.09 Å². The van der Waals surface area contributed by atoms with Gasteiger partial charge in [0.25, 0.3) is 0 Å². The monoisotopic (exact) mass is 532 g/mol. The van der Waals surface area contributed by atoms with Crippen molar-refractivity contribution in [3.63, 3.8) is 0 Å². The number of carbonyl (C=O) groups excluding carboxylic acids is 2. The number of hydrogen-bond acceptors (Lipinski definition) is 6. The van der Waals surface area contributed by atoms with E-state index in [2.05, 4.69) is 15.6 Å². The summed E-state index contributed by atoms with van der Waals surface area (Å²) in [4.78, 5) is 29.6. The van der Waals surface area contributed by atoms with Gasteiger partial charge in [0.2, 0.25) is 5.91 Å². The molecule has 0 aliphatic rings. The zero-order valence-corrected chi connectivity index (χ0v) is 23.1. The molecular weight excluding hydrogens is 492 g/mol. The summed E-state index contributed by atoms with van der Waals surface area (Å²) in [6.07, 6.45) is 3.20. The van der Waals surface area contributed by atoms with E-state index in [4.69, 9.17) is 10.5 Å². The van der Waals surface area contributed by atoms with Crippen LogP contribution in [-0.4, -0.2) is 53.4 Å². The Bertz CT molecular complexity index is 1180. The highest BCUT2D eigenvalue weighted by Gasteiger charge is 2.35. The first-order valence-corrected chi connectivity index (χ1v) is 13.2. The number of pyridine rings is 1. The number of hydrogen-bond donors (Lipinski definition) is 4. The molecule has 0 bridgehead atoms. The van der Waals surface area contributed by atoms with Gasteiger partial charge in [0.15, 0.2) is 0 Å². The van der Waals surface area contributed by atoms with Gasteiger partial charge in [0.1, 0.15) is 6.04 Å². The molecule has 2 amide bonds. The van der Waals surface area contributed by atoms with Gasteiger partial charge in [-0.3, -0.25) is 9.78 Å². The number of nitrogens with zero attached hydrogens (tertiary/aromatic N) is 1. The molecule has 8 nitrogen and oxygen atoms in total. The molecule has 39 heavy (non-hydrogen) atoms. The van der Waals surface area contributed by atoms with Gasteiger partial charge in [-0.15, -0.1) is 0 Å². The standard InChI is InChI=1S/C31H40N4O4/c1-31(2,3)28(35-30(38)39-4)29(37)34-26(27(36)19-25(32)17-21-9-6-5-7-10-21)18-22-12-14-23(15-13-22)24-11-8-16-33-20-24/h5-16,20,25-28,36H,17-19,32H2,1-4H3,(H,34,37)(H,35,38)/t25-,26-,27-,28+/m0/s1. The zero-order valence-electron chi connectivity index (χ0n) is 23.1. The first-order chi connectivity index (χ1) is 18.6. The molecule has 1 aromatic heterocycles. The molecule has 0 unspecified atom stereocenters. The van der Waals surface area contributed by atoms with Crippen molar-refractivity contribution in [3.05, 3.63) is 90.3 Å². The minimum absolute atomic E-state index is 0.290. The van der Waals surface area contributed by atoms with E-state index in [1.165, 1.54) is 7.11 Å². The van der Waals surface area contributed by atoms with Crippen LogP contribution in [0.5, 0.6) is 0 Å². The van der Waals surface area contributed by atoms with Gasteiger partial charge in [0, 0.05) is 18.4 Å². The van der Waals surface area contributed by atoms with Crippen LogP contribution in [0.1, 0.15) is 38.3 Å². The Morgan fingerprint density at radius 3 is 2.18 bits per heavy atom. The van der Waals surface area contributed by atoms with E-state index in [9.17, 15) is 14.7 Å². The molecule has 3 rings (SSSR count). The minimum Gasteiger partial charge on any atom is -0.453 e. The van der Waals surface area contributed by atoms with Gasteiger partial charge in [-0.25, -0.2) is 4.79 Å². The Morgan fingerprint density at radius 1 is 0.923 bits per heavy atom. The van der Waals surface area contributed by atoms with E-state index in [1.807, 2.05) is 87.5 Å². The highest BCUT2D eigenvalue weighted by molar-refractivity contribution is 5.86. The molecule has 0 spiro atoms. The lowest BCUT2D eigenvalue weighted by atomic mass is 9.85. The Balaban J connectivity index is 1.79. The summed E-state index contributed by atoms with van der Waals surface area (Å²) in [6.45, 7) is 5.56. The molecule has 4 atom stereocenters. The van der Waals surface area contributed by atoms with Crippen molar-refractivity contribution in [2.45, 2.75) is 64.3 Å². The quantitative estimate of drug-likeness (QED) is 0.297. The third kappa shape index (κ3) is 9.19. The van der Waals surface area contributed by atoms with Crippen molar-refractivity contribution in [1.29, 1.82) is 0 Å². The molecule has 5 N–H and O–H groups in total. The molecule has 2 aromatic carbocycles. The van der Waals surface area contributed by atoms with Crippen molar-refractivity contribution >= 4 is 12.0 Å². The highest BCUT2D eigenvalue weighted by atomic mass is 16.5. The van der Waals surface area contributed by atoms with Crippen LogP contribution in [0.4, 0.5) is 4.79 Å². The van der Waals surface area contributed by atoms with Gasteiger partial charge in [-0.2, -0.15) is 0 Å². The van der Waals surface area contributed by atoms with Crippen molar-refractivity contribution in [2.75, 3.05) is 7.11 Å². The number of methoxy groups -OCH3 is 1. The second-order valence-electron chi connectivity index (χ2n) is 10.9. The molecule has 0 saturated carbocycles. The number of nitrogens with one attached hydrogen (secondary N) is 2. The van der Waals surface area contributed by atoms with Crippen molar-refractivity contribution in [2.24, 2.45) is 11.1 Å². The fourth-order valence-corrected chi connectivity index (χ4v) is 4.50. The third-order valence-corrected chi connectivity index (χ3v) is 6.66. The SMILES string of the molecule is COC(=O)N[C@H](C(=O)N[C@@H](Cc1ccc(-c2cccnc2)cc1)[C@@H](O)C[C@@H](N)Cc1ccccc1)C(C)(C)C. The molecule has 0 fully saturated rings. The van der Waals surface area contributed by atoms with Crippen LogP contribution in [0.25, 0.3) is 11.1 Å². The van der Waals surface area contributed by atoms with Crippen LogP contribution in [0.3, 0.4) is 0 Å². The normalized spacial score (nSPS) is 14.5. The number of aromatic nitrogens is 1. The second-order valence-corrected chi connectivity index (χ2v) is 10.9. The van der Waals surface area contributed by atoms with E-state index in [-0.39, 0.29) is 12.5 Å². The Hall–Kier alpha value is -3.75. The lowest BCUT2D eigenvalue weighted by Gasteiger charge is -2.33. The number of rotatable bonds is 11. The summed E-state index contributed by atoms with van der Waals surface area (Å²) in [6, 6.07) is 19.9. The van der Waals surface area contributed by atoms with Crippen molar-refractivity contribution in [3.8, 4) is 11.1 Å². The smallest absolute Gasteiger partial charge is 0.407 e. The van der Waals surface area contributed by atoms with E-state index in [1.54, 1.807) is 12.4 Å². The predicted octanol–water partition coefficient (Wildman–Crippen LogP) is 3.87. The van der Waals surface area contributed by atoms with Gasteiger partial charge < -0.3 is 26.2 Å². The average molecular weight is 533 g/mol. The third-order valence-electron chi connectivity index (χ3n) is 6.66. The first-order valence-electron chi connectivity index (χ1n) is 13.2. The topological polar surface area (TPSA) is 127 Å². The van der Waals surface area contributed by atoms with E-state index < -0.39 is 35.6 Å². The summed E-state index contributed by atoms with van der Waals surface area (Å²) in [5.74, 6) is -0.402. The first kappa shape index (κ1) is 29.8. The number of alkyl carbamates (subject to hydrolysis) is 1. The Labute approximate surface area is 231 Å². The number of benzene rings is 2. The number of nitrogens with two attached hydrogens (primary N) is 1. The molecule has 0 saturated heterocycles. The minimum atomic E-state index is -0.913. The molecule has 0 aliphatic carbocycles. The molecule has 3 aromatic rings. The molecule has 0 radical (unpaired) electrons. The summed E-state index contributed by atoms with van der Waals surface area (Å²) in [5, 5.41) is 16.9. The average Bonchev–Trinajstić information content (AvgIpc) is 2.91. The van der Waals surface area contributed by atoms with Gasteiger partial charge in [-0.05, 0) is 53.0 Å². The molecule has 1 heterocycles. The molecule has 208 valence electrons. The summed E-state index contributed by atoms with van der Waals surface area (Å²) in [7, 11) is 1.25. The van der Waals surface area contributed by atoms with Crippen LogP contribution in [0.15, 0.2) is 79.1 Å². The molecule has 0 aliphatic heterocycles. The maximum Gasteiger partial charge on any atom is 0.407 e. The summed E-state index contributed by atoms with van der Waals surface area (Å²) in [5.41, 5.74) is 9.87. The predicted molar refractivity (Wildman–Crippen MR) is 153 cm³/mol. The maximum atomic E-state index is 13.4. The number of amides is 2. The van der Waals surface area contributed by atoms with E-state index in [0.717, 1.165) is 22.3 Å². The molecule has 8 heteroatoms. The highest BCUT2D eigenvalue weighted by Crippen LogP contribution is 2.22. The van der Waals surface area contributed by atoms with Crippen molar-refractivity contribution < 1.29 is 19.4 Å². The van der Waals surface area contributed by atoms with Crippen LogP contribution in [0.2, 0.25) is 0 Å². The maximum absolute atomic E-state index is 13.4. The second kappa shape index (κ2) is 13.9. The fourth-order valence-electron chi connectivity index (χ4n) is 4.50. The summed E-state index contributed by atoms with van der Waals surface area (Å²) < 4.78 is 4.73. The number of aliphatic hydroxyl groups is 1. The number of aliphatic hydroxyl groups excluding tert-OH is 1. The largest absolute Gasteiger partial charge is 0.453 e. The fraction of sp³-hybridized carbons (Fsp3) is 0.387. The van der Waals surface area contributed by atoms with Crippen LogP contribution in [-0.2, 0) is 22.4 Å². The van der Waals surface area contributed by atoms with Crippen LogP contribution in [0, 0.1) is 5.41 Å². The summed E-state index contributed by atoms with van der Waals surface area (Å²) >= 11 is 0. The number of carbonyl (C=O) groups is 2. The van der Waals surface area contributed by atoms with Crippen LogP contribution >= 0.6 is 0 Å². The lowest BCUT2D eigenvalue weighted by molar-refractivity contribution is -0.127. The van der Waals surface area contributed by atoms with Gasteiger partial charge in [0.05, 0.1) is 19.3 Å². The van der Waals surface area contributed by atoms with E-state index in [0.29, 0.717) is 12.8 Å². The Kier molecular flexibility index (Phi) is 10.6. The van der Waals surface area contributed by atoms with E-state index >= 15 is 0 Å². The van der Waals surface area contributed by atoms with Crippen molar-refractivity contribution in [1.82, 2.24) is 15.6 Å². The van der Waals surface area contributed by atoms with Crippen LogP contribution < -0.4 is 16.4 Å². The lowest BCUT2D eigenvalue weighted by Crippen LogP contribution is -2.58. The zero-order chi connectivity index (χ0) is 28.4.